The monoisotopic (exact) mass is 274 g/mol. The van der Waals surface area contributed by atoms with E-state index in [4.69, 9.17) is 10.00 Å². The number of hydrogen-bond donors (Lipinski definition) is 1. The van der Waals surface area contributed by atoms with Crippen LogP contribution in [0.2, 0.25) is 0 Å². The molecule has 0 amide bonds. The molecule has 0 unspecified atom stereocenters. The molecule has 1 aromatic rings. The number of hydrogen-bond acceptors (Lipinski definition) is 3. The summed E-state index contributed by atoms with van der Waals surface area (Å²) in [7, 11) is 0. The van der Waals surface area contributed by atoms with Crippen LogP contribution in [-0.4, -0.2) is 12.1 Å². The van der Waals surface area contributed by atoms with Gasteiger partial charge in [0.05, 0.1) is 18.1 Å². The maximum Gasteiger partial charge on any atom is 0.119 e. The van der Waals surface area contributed by atoms with Crippen molar-refractivity contribution in [1.82, 2.24) is 5.32 Å². The van der Waals surface area contributed by atoms with Crippen molar-refractivity contribution in [3.63, 3.8) is 0 Å². The van der Waals surface area contributed by atoms with Crippen LogP contribution in [0.1, 0.15) is 46.6 Å². The highest BCUT2D eigenvalue weighted by atomic mass is 16.5. The minimum absolute atomic E-state index is 0.105. The second kappa shape index (κ2) is 6.76. The molecule has 0 aromatic heterocycles. The number of nitriles is 1. The van der Waals surface area contributed by atoms with Crippen LogP contribution in [-0.2, 0) is 6.54 Å². The van der Waals surface area contributed by atoms with Crippen molar-refractivity contribution in [1.29, 1.82) is 5.26 Å². The van der Waals surface area contributed by atoms with Crippen molar-refractivity contribution in [3.8, 4) is 11.8 Å². The topological polar surface area (TPSA) is 45.0 Å². The van der Waals surface area contributed by atoms with Crippen molar-refractivity contribution in [2.24, 2.45) is 5.41 Å². The van der Waals surface area contributed by atoms with Gasteiger partial charge < -0.3 is 10.1 Å². The van der Waals surface area contributed by atoms with Crippen LogP contribution in [0, 0.1) is 16.7 Å². The Labute approximate surface area is 123 Å². The molecule has 0 aliphatic rings. The molecule has 20 heavy (non-hydrogen) atoms. The molecule has 0 heterocycles. The highest BCUT2D eigenvalue weighted by Gasteiger charge is 2.16. The van der Waals surface area contributed by atoms with E-state index < -0.39 is 0 Å². The molecule has 0 saturated carbocycles. The highest BCUT2D eigenvalue weighted by Crippen LogP contribution is 2.20. The minimum Gasteiger partial charge on any atom is -0.494 e. The number of nitrogens with zero attached hydrogens (tertiary/aromatic N) is 1. The zero-order valence-corrected chi connectivity index (χ0v) is 13.3. The fourth-order valence-electron chi connectivity index (χ4n) is 1.59. The van der Waals surface area contributed by atoms with Gasteiger partial charge >= 0.3 is 0 Å². The second-order valence-corrected chi connectivity index (χ2v) is 6.85. The first-order valence-corrected chi connectivity index (χ1v) is 7.10. The van der Waals surface area contributed by atoms with E-state index in [1.165, 1.54) is 5.56 Å². The van der Waals surface area contributed by atoms with Crippen LogP contribution in [0.25, 0.3) is 0 Å². The Balaban J connectivity index is 2.50. The lowest BCUT2D eigenvalue weighted by Crippen LogP contribution is -2.35. The van der Waals surface area contributed by atoms with Crippen molar-refractivity contribution in [3.05, 3.63) is 29.8 Å². The Bertz CT molecular complexity index is 467. The van der Waals surface area contributed by atoms with Gasteiger partial charge in [-0.25, -0.2) is 0 Å². The Hall–Kier alpha value is -1.53. The van der Waals surface area contributed by atoms with Gasteiger partial charge in [-0.15, -0.1) is 0 Å². The summed E-state index contributed by atoms with van der Waals surface area (Å²) >= 11 is 0. The lowest BCUT2D eigenvalue weighted by Gasteiger charge is -2.21. The van der Waals surface area contributed by atoms with E-state index in [2.05, 4.69) is 44.3 Å². The number of ether oxygens (including phenoxy) is 1. The summed E-state index contributed by atoms with van der Waals surface area (Å²) in [4.78, 5) is 0. The van der Waals surface area contributed by atoms with Gasteiger partial charge in [-0.3, -0.25) is 0 Å². The van der Waals surface area contributed by atoms with Crippen LogP contribution in [0.15, 0.2) is 24.3 Å². The SMILES string of the molecule is CC(C)(C#N)CCOc1cccc(CNC(C)(C)C)c1. The molecule has 3 heteroatoms. The van der Waals surface area contributed by atoms with Gasteiger partial charge in [-0.2, -0.15) is 5.26 Å². The van der Waals surface area contributed by atoms with Crippen LogP contribution >= 0.6 is 0 Å². The standard InChI is InChI=1S/C17H26N2O/c1-16(2,3)19-12-14-7-6-8-15(11-14)20-10-9-17(4,5)13-18/h6-8,11,19H,9-10,12H2,1-5H3. The Morgan fingerprint density at radius 1 is 1.20 bits per heavy atom. The highest BCUT2D eigenvalue weighted by molar-refractivity contribution is 5.28. The molecular weight excluding hydrogens is 248 g/mol. The molecule has 0 saturated heterocycles. The van der Waals surface area contributed by atoms with E-state index in [9.17, 15) is 0 Å². The van der Waals surface area contributed by atoms with Gasteiger partial charge in [0.15, 0.2) is 0 Å². The molecule has 3 nitrogen and oxygen atoms in total. The maximum atomic E-state index is 8.97. The Morgan fingerprint density at radius 3 is 2.50 bits per heavy atom. The van der Waals surface area contributed by atoms with Gasteiger partial charge in [-0.1, -0.05) is 12.1 Å². The Morgan fingerprint density at radius 2 is 1.90 bits per heavy atom. The number of rotatable bonds is 6. The smallest absolute Gasteiger partial charge is 0.119 e. The first-order chi connectivity index (χ1) is 9.22. The molecule has 0 radical (unpaired) electrons. The third kappa shape index (κ3) is 6.58. The number of benzene rings is 1. The van der Waals surface area contributed by atoms with Gasteiger partial charge in [0, 0.05) is 12.1 Å². The molecule has 0 spiro atoms. The van der Waals surface area contributed by atoms with E-state index >= 15 is 0 Å². The summed E-state index contributed by atoms with van der Waals surface area (Å²) in [6.07, 6.45) is 0.730. The molecule has 0 bridgehead atoms. The van der Waals surface area contributed by atoms with Gasteiger partial charge in [-0.05, 0) is 58.7 Å². The summed E-state index contributed by atoms with van der Waals surface area (Å²) in [5.41, 5.74) is 0.982. The van der Waals surface area contributed by atoms with Gasteiger partial charge in [0.1, 0.15) is 5.75 Å². The molecular formula is C17H26N2O. The number of nitrogens with one attached hydrogen (secondary N) is 1. The van der Waals surface area contributed by atoms with Crippen LogP contribution in [0.3, 0.4) is 0 Å². The van der Waals surface area contributed by atoms with Crippen LogP contribution in [0.5, 0.6) is 5.75 Å². The van der Waals surface area contributed by atoms with Crippen molar-refractivity contribution < 1.29 is 4.74 Å². The largest absolute Gasteiger partial charge is 0.494 e. The van der Waals surface area contributed by atoms with E-state index in [0.717, 1.165) is 18.7 Å². The summed E-state index contributed by atoms with van der Waals surface area (Å²) in [5, 5.41) is 12.4. The average Bonchev–Trinajstić information content (AvgIpc) is 2.36. The first-order valence-electron chi connectivity index (χ1n) is 7.10. The van der Waals surface area contributed by atoms with Crippen molar-refractivity contribution in [2.45, 2.75) is 53.1 Å². The molecule has 110 valence electrons. The maximum absolute atomic E-state index is 8.97. The molecule has 0 aliphatic heterocycles. The predicted molar refractivity (Wildman–Crippen MR) is 82.5 cm³/mol. The third-order valence-corrected chi connectivity index (χ3v) is 3.02. The summed E-state index contributed by atoms with van der Waals surface area (Å²) in [6, 6.07) is 10.4. The molecule has 1 aromatic carbocycles. The lowest BCUT2D eigenvalue weighted by atomic mass is 9.92. The van der Waals surface area contributed by atoms with Crippen molar-refractivity contribution >= 4 is 0 Å². The fraction of sp³-hybridized carbons (Fsp3) is 0.588. The molecule has 0 fully saturated rings. The quantitative estimate of drug-likeness (QED) is 0.856. The lowest BCUT2D eigenvalue weighted by molar-refractivity contribution is 0.264. The van der Waals surface area contributed by atoms with E-state index in [0.29, 0.717) is 6.61 Å². The van der Waals surface area contributed by atoms with Crippen LogP contribution in [0.4, 0.5) is 0 Å². The zero-order chi connectivity index (χ0) is 15.2. The summed E-state index contributed by atoms with van der Waals surface area (Å²) in [6.45, 7) is 11.7. The van der Waals surface area contributed by atoms with E-state index in [1.54, 1.807) is 0 Å². The van der Waals surface area contributed by atoms with Crippen LogP contribution < -0.4 is 10.1 Å². The normalized spacial score (nSPS) is 12.0. The van der Waals surface area contributed by atoms with Crippen molar-refractivity contribution in [2.75, 3.05) is 6.61 Å². The summed E-state index contributed by atoms with van der Waals surface area (Å²) in [5.74, 6) is 0.868. The minimum atomic E-state index is -0.328. The molecule has 1 N–H and O–H groups in total. The van der Waals surface area contributed by atoms with E-state index in [-0.39, 0.29) is 11.0 Å². The zero-order valence-electron chi connectivity index (χ0n) is 13.3. The third-order valence-electron chi connectivity index (χ3n) is 3.02. The second-order valence-electron chi connectivity index (χ2n) is 6.85. The first kappa shape index (κ1) is 16.5. The molecule has 1 rings (SSSR count). The average molecular weight is 274 g/mol. The Kier molecular flexibility index (Phi) is 5.59. The van der Waals surface area contributed by atoms with Gasteiger partial charge in [0.25, 0.3) is 0 Å². The predicted octanol–water partition coefficient (Wildman–Crippen LogP) is 3.89. The van der Waals surface area contributed by atoms with Gasteiger partial charge in [0.2, 0.25) is 0 Å². The summed E-state index contributed by atoms with van der Waals surface area (Å²) < 4.78 is 5.74. The molecule has 0 atom stereocenters. The van der Waals surface area contributed by atoms with E-state index in [1.807, 2.05) is 26.0 Å². The molecule has 0 aliphatic carbocycles. The fourth-order valence-corrected chi connectivity index (χ4v) is 1.59.